The number of nitrogens with one attached hydrogen (secondary N) is 1. The Morgan fingerprint density at radius 2 is 2.10 bits per heavy atom. The van der Waals surface area contributed by atoms with E-state index in [1.165, 1.54) is 13.2 Å². The van der Waals surface area contributed by atoms with Crippen LogP contribution in [-0.2, 0) is 4.74 Å². The maximum atomic E-state index is 10.9. The third-order valence-corrected chi connectivity index (χ3v) is 2.22. The van der Waals surface area contributed by atoms with Crippen LogP contribution in [0.1, 0.15) is 6.92 Å². The molecule has 1 N–H and O–H groups in total. The first-order valence-electron chi connectivity index (χ1n) is 5.66. The van der Waals surface area contributed by atoms with Crippen LogP contribution in [-0.4, -0.2) is 29.3 Å². The second-order valence-electron chi connectivity index (χ2n) is 3.76. The second kappa shape index (κ2) is 7.56. The highest BCUT2D eigenvalue weighted by Gasteiger charge is 2.19. The molecule has 0 aliphatic heterocycles. The molecule has 0 spiro atoms. The minimum atomic E-state index is -0.725. The van der Waals surface area contributed by atoms with Crippen LogP contribution < -0.4 is 5.43 Å². The Kier molecular flexibility index (Phi) is 5.79. The summed E-state index contributed by atoms with van der Waals surface area (Å²) in [6, 6.07) is 3.23. The van der Waals surface area contributed by atoms with E-state index >= 15 is 0 Å². The lowest BCUT2D eigenvalue weighted by molar-refractivity contribution is -0.393. The second-order valence-corrected chi connectivity index (χ2v) is 3.76. The zero-order valence-corrected chi connectivity index (χ0v) is 11.3. The average Bonchev–Trinajstić information content (AvgIpc) is 2.45. The number of nitrogens with zero attached hydrogens (tertiary/aromatic N) is 3. The van der Waals surface area contributed by atoms with Gasteiger partial charge in [-0.15, -0.1) is 0 Å². The van der Waals surface area contributed by atoms with E-state index in [4.69, 9.17) is 4.74 Å². The van der Waals surface area contributed by atoms with Crippen LogP contribution in [0.5, 0.6) is 0 Å². The molecule has 0 bridgehead atoms. The average molecular weight is 292 g/mol. The number of nitro groups is 2. The summed E-state index contributed by atoms with van der Waals surface area (Å²) < 4.78 is 4.74. The molecule has 9 heteroatoms. The Bertz CT molecular complexity index is 645. The molecule has 110 valence electrons. The Labute approximate surface area is 119 Å². The van der Waals surface area contributed by atoms with E-state index in [0.717, 1.165) is 12.1 Å². The molecule has 21 heavy (non-hydrogen) atoms. The minimum absolute atomic E-state index is 0.0403. The van der Waals surface area contributed by atoms with Gasteiger partial charge in [0.05, 0.1) is 15.9 Å². The Morgan fingerprint density at radius 1 is 1.38 bits per heavy atom. The van der Waals surface area contributed by atoms with Gasteiger partial charge in [-0.2, -0.15) is 5.10 Å². The van der Waals surface area contributed by atoms with Crippen molar-refractivity contribution < 1.29 is 14.6 Å². The number of hydrogen-bond donors (Lipinski definition) is 1. The SMILES string of the molecule is COCC#C/C(C)=N/Nc1ccc([N+](=O)[O-])cc1[N+](=O)[O-]. The van der Waals surface area contributed by atoms with Crippen molar-refractivity contribution in [2.45, 2.75) is 6.92 Å². The maximum absolute atomic E-state index is 10.9. The van der Waals surface area contributed by atoms with Gasteiger partial charge in [0.2, 0.25) is 0 Å². The van der Waals surface area contributed by atoms with E-state index in [9.17, 15) is 20.2 Å². The Balaban J connectivity index is 2.99. The molecular formula is C12H12N4O5. The van der Waals surface area contributed by atoms with Gasteiger partial charge in [0.25, 0.3) is 5.69 Å². The normalized spacial score (nSPS) is 10.5. The van der Waals surface area contributed by atoms with Gasteiger partial charge < -0.3 is 4.74 Å². The van der Waals surface area contributed by atoms with Gasteiger partial charge in [-0.25, -0.2) is 0 Å². The first-order valence-corrected chi connectivity index (χ1v) is 5.66. The summed E-state index contributed by atoms with van der Waals surface area (Å²) in [5.41, 5.74) is 2.09. The van der Waals surface area contributed by atoms with Gasteiger partial charge in [-0.05, 0) is 18.9 Å². The molecule has 0 fully saturated rings. The van der Waals surface area contributed by atoms with Crippen molar-refractivity contribution in [2.75, 3.05) is 19.1 Å². The molecule has 0 aromatic heterocycles. The van der Waals surface area contributed by atoms with Crippen molar-refractivity contribution >= 4 is 22.8 Å². The largest absolute Gasteiger partial charge is 0.372 e. The van der Waals surface area contributed by atoms with Gasteiger partial charge in [0.15, 0.2) is 0 Å². The molecule has 0 atom stereocenters. The summed E-state index contributed by atoms with van der Waals surface area (Å²) in [7, 11) is 1.50. The summed E-state index contributed by atoms with van der Waals surface area (Å²) in [5.74, 6) is 5.33. The topological polar surface area (TPSA) is 120 Å². The first kappa shape index (κ1) is 16.1. The number of benzene rings is 1. The van der Waals surface area contributed by atoms with Gasteiger partial charge in [0.1, 0.15) is 18.0 Å². The number of methoxy groups -OCH3 is 1. The zero-order chi connectivity index (χ0) is 15.8. The van der Waals surface area contributed by atoms with Crippen LogP contribution in [0.15, 0.2) is 23.3 Å². The van der Waals surface area contributed by atoms with Crippen molar-refractivity contribution in [3.05, 3.63) is 38.4 Å². The third-order valence-electron chi connectivity index (χ3n) is 2.22. The predicted molar refractivity (Wildman–Crippen MR) is 76.1 cm³/mol. The van der Waals surface area contributed by atoms with E-state index in [1.807, 2.05) is 0 Å². The zero-order valence-electron chi connectivity index (χ0n) is 11.3. The van der Waals surface area contributed by atoms with E-state index in [-0.39, 0.29) is 18.0 Å². The predicted octanol–water partition coefficient (Wildman–Crippen LogP) is 1.94. The Hall–Kier alpha value is -2.99. The number of non-ortho nitro benzene ring substituents is 1. The number of hydrogen-bond acceptors (Lipinski definition) is 7. The number of hydrazone groups is 1. The number of nitro benzene ring substituents is 2. The quantitative estimate of drug-likeness (QED) is 0.383. The monoisotopic (exact) mass is 292 g/mol. The number of anilines is 1. The molecule has 0 radical (unpaired) electrons. The van der Waals surface area contributed by atoms with Gasteiger partial charge in [-0.1, -0.05) is 5.92 Å². The molecule has 0 saturated heterocycles. The van der Waals surface area contributed by atoms with Gasteiger partial charge in [-0.3, -0.25) is 25.7 Å². The molecule has 0 unspecified atom stereocenters. The molecule has 0 aliphatic carbocycles. The number of rotatable bonds is 5. The van der Waals surface area contributed by atoms with Crippen molar-refractivity contribution in [1.29, 1.82) is 0 Å². The highest BCUT2D eigenvalue weighted by atomic mass is 16.6. The number of ether oxygens (including phenoxy) is 1. The fraction of sp³-hybridized carbons (Fsp3) is 0.250. The fourth-order valence-corrected chi connectivity index (χ4v) is 1.29. The maximum Gasteiger partial charge on any atom is 0.301 e. The highest BCUT2D eigenvalue weighted by Crippen LogP contribution is 2.28. The summed E-state index contributed by atoms with van der Waals surface area (Å²) in [6.07, 6.45) is 0. The molecule has 0 amide bonds. The van der Waals surface area contributed by atoms with Crippen molar-refractivity contribution in [2.24, 2.45) is 5.10 Å². The molecule has 0 saturated carbocycles. The lowest BCUT2D eigenvalue weighted by atomic mass is 10.2. The molecule has 1 aromatic rings. The third kappa shape index (κ3) is 4.88. The van der Waals surface area contributed by atoms with Crippen LogP contribution in [0.4, 0.5) is 17.1 Å². The van der Waals surface area contributed by atoms with Gasteiger partial charge >= 0.3 is 5.69 Å². The molecule has 1 rings (SSSR count). The van der Waals surface area contributed by atoms with E-state index in [2.05, 4.69) is 22.4 Å². The summed E-state index contributed by atoms with van der Waals surface area (Å²) in [4.78, 5) is 20.1. The van der Waals surface area contributed by atoms with E-state index in [1.54, 1.807) is 6.92 Å². The van der Waals surface area contributed by atoms with Crippen molar-refractivity contribution in [3.63, 3.8) is 0 Å². The van der Waals surface area contributed by atoms with Crippen LogP contribution in [0.2, 0.25) is 0 Å². The van der Waals surface area contributed by atoms with Crippen LogP contribution in [0, 0.1) is 32.1 Å². The van der Waals surface area contributed by atoms with Crippen LogP contribution >= 0.6 is 0 Å². The molecule has 1 aromatic carbocycles. The lowest BCUT2D eigenvalue weighted by Crippen LogP contribution is -2.00. The molecule has 9 nitrogen and oxygen atoms in total. The standard InChI is InChI=1S/C12H12N4O5/c1-9(4-3-7-21-2)13-14-11-6-5-10(15(17)18)8-12(11)16(19)20/h5-6,8,14H,7H2,1-2H3/b13-9+. The summed E-state index contributed by atoms with van der Waals surface area (Å²) in [6.45, 7) is 1.84. The van der Waals surface area contributed by atoms with E-state index in [0.29, 0.717) is 5.71 Å². The van der Waals surface area contributed by atoms with Crippen molar-refractivity contribution in [1.82, 2.24) is 0 Å². The Morgan fingerprint density at radius 3 is 2.67 bits per heavy atom. The molecular weight excluding hydrogens is 280 g/mol. The highest BCUT2D eigenvalue weighted by molar-refractivity contribution is 5.98. The lowest BCUT2D eigenvalue weighted by Gasteiger charge is -2.02. The molecule has 0 aliphatic rings. The first-order chi connectivity index (χ1) is 9.95. The van der Waals surface area contributed by atoms with Crippen molar-refractivity contribution in [3.8, 4) is 11.8 Å². The van der Waals surface area contributed by atoms with Gasteiger partial charge in [0, 0.05) is 13.2 Å². The van der Waals surface area contributed by atoms with E-state index < -0.39 is 15.5 Å². The summed E-state index contributed by atoms with van der Waals surface area (Å²) >= 11 is 0. The molecule has 0 heterocycles. The fourth-order valence-electron chi connectivity index (χ4n) is 1.29. The van der Waals surface area contributed by atoms with Crippen LogP contribution in [0.25, 0.3) is 0 Å². The smallest absolute Gasteiger partial charge is 0.301 e. The summed E-state index contributed by atoms with van der Waals surface area (Å²) in [5, 5.41) is 25.4. The van der Waals surface area contributed by atoms with Crippen LogP contribution in [0.3, 0.4) is 0 Å². The minimum Gasteiger partial charge on any atom is -0.372 e.